The zero-order valence-corrected chi connectivity index (χ0v) is 38.8. The first kappa shape index (κ1) is 49.6. The summed E-state index contributed by atoms with van der Waals surface area (Å²) in [5.74, 6) is -8.81. The van der Waals surface area contributed by atoms with E-state index in [0.29, 0.717) is 0 Å². The third-order valence-corrected chi connectivity index (χ3v) is 14.6. The molecule has 1 saturated heterocycles. The van der Waals surface area contributed by atoms with Crippen LogP contribution in [0.2, 0.25) is 0 Å². The summed E-state index contributed by atoms with van der Waals surface area (Å²) in [7, 11) is 0. The number of carboxylic acid groups (broad SMARTS) is 1. The van der Waals surface area contributed by atoms with E-state index in [1.807, 2.05) is 0 Å². The van der Waals surface area contributed by atoms with Gasteiger partial charge in [-0.15, -0.1) is 0 Å². The van der Waals surface area contributed by atoms with E-state index in [2.05, 4.69) is 5.32 Å². The summed E-state index contributed by atoms with van der Waals surface area (Å²) in [6, 6.07) is 22.2. The Morgan fingerprint density at radius 1 is 0.868 bits per heavy atom. The summed E-state index contributed by atoms with van der Waals surface area (Å²) in [5.41, 5.74) is -9.39. The maximum atomic E-state index is 15.2. The minimum absolute atomic E-state index is 0.0362. The van der Waals surface area contributed by atoms with E-state index in [9.17, 15) is 44.4 Å². The zero-order valence-electron chi connectivity index (χ0n) is 38.8. The van der Waals surface area contributed by atoms with Crippen LogP contribution in [0.4, 0.5) is 0 Å². The van der Waals surface area contributed by atoms with Crippen molar-refractivity contribution in [3.63, 3.8) is 0 Å². The van der Waals surface area contributed by atoms with Crippen molar-refractivity contribution in [3.8, 4) is 0 Å². The van der Waals surface area contributed by atoms with E-state index < -0.39 is 130 Å². The minimum atomic E-state index is -2.47. The van der Waals surface area contributed by atoms with Crippen molar-refractivity contribution in [1.29, 1.82) is 0 Å². The summed E-state index contributed by atoms with van der Waals surface area (Å²) in [4.78, 5) is 97.4. The molecule has 4 aliphatic rings. The number of Topliss-reactive ketones (excluding diaryl/α,β-unsaturated/α-hetero) is 1. The molecule has 362 valence electrons. The molecule has 2 unspecified atom stereocenters. The van der Waals surface area contributed by atoms with E-state index in [4.69, 9.17) is 23.7 Å². The molecule has 1 amide bonds. The highest BCUT2D eigenvalue weighted by Gasteiger charge is 2.78. The number of ketones is 1. The standard InChI is InChI=1S/C51H57NO16/c1-27-32(65-45(61)39(66-46(62)47(3,4)25-35(55)56)37(29-17-11-8-12-18-29)52-43(59)30-19-13-9-14-20-30)24-51(63)42(67-44(60)31-21-15-10-16-22-31)40-49(7,41(58)38(57)36(27)48(51,5)6)33(54)23-34-50(40,26-64-34)68-28(2)53/h8-22,32-34,37-40,42,54,57,63H,23-26H2,1-7H3,(H,52,59)(H,55,56)/t32-,33-,34+,37-,38+,39+,40?,42?,49+,50-,51+/m0/s1. The van der Waals surface area contributed by atoms with Gasteiger partial charge in [0.25, 0.3) is 5.91 Å². The van der Waals surface area contributed by atoms with Gasteiger partial charge in [0, 0.05) is 30.7 Å². The van der Waals surface area contributed by atoms with Gasteiger partial charge in [0.05, 0.1) is 41.4 Å². The van der Waals surface area contributed by atoms with Gasteiger partial charge in [-0.05, 0) is 68.7 Å². The van der Waals surface area contributed by atoms with Crippen LogP contribution >= 0.6 is 0 Å². The van der Waals surface area contributed by atoms with E-state index >= 15 is 9.59 Å². The molecule has 68 heavy (non-hydrogen) atoms. The normalized spacial score (nSPS) is 30.3. The summed E-state index contributed by atoms with van der Waals surface area (Å²) >= 11 is 0. The number of fused-ring (bicyclic) bond motifs is 5. The van der Waals surface area contributed by atoms with Gasteiger partial charge < -0.3 is 49.4 Å². The number of carbonyl (C=O) groups excluding carboxylic acids is 6. The third kappa shape index (κ3) is 8.50. The van der Waals surface area contributed by atoms with Crippen LogP contribution in [0.25, 0.3) is 0 Å². The molecule has 0 radical (unpaired) electrons. The second-order valence-corrected chi connectivity index (χ2v) is 19.6. The Kier molecular flexibility index (Phi) is 13.4. The van der Waals surface area contributed by atoms with E-state index in [-0.39, 0.29) is 40.9 Å². The Morgan fingerprint density at radius 2 is 1.44 bits per heavy atom. The highest BCUT2D eigenvalue weighted by molar-refractivity contribution is 5.96. The summed E-state index contributed by atoms with van der Waals surface area (Å²) in [5, 5.41) is 50.6. The number of amides is 1. The molecule has 0 aromatic heterocycles. The maximum Gasteiger partial charge on any atom is 0.350 e. The Balaban J connectivity index is 1.39. The number of ether oxygens (including phenoxy) is 5. The first-order chi connectivity index (χ1) is 31.9. The van der Waals surface area contributed by atoms with Gasteiger partial charge in [-0.25, -0.2) is 9.59 Å². The average Bonchev–Trinajstić information content (AvgIpc) is 3.28. The Hall–Kier alpha value is -6.27. The number of aliphatic hydroxyl groups is 3. The number of rotatable bonds is 13. The molecule has 1 aliphatic heterocycles. The van der Waals surface area contributed by atoms with Crippen LogP contribution < -0.4 is 5.32 Å². The largest absolute Gasteiger partial charge is 0.481 e. The number of esters is 4. The fourth-order valence-electron chi connectivity index (χ4n) is 10.8. The zero-order chi connectivity index (χ0) is 49.7. The SMILES string of the molecule is CC(=O)O[C@@]12CO[C@@H]1C[C@H](O)[C@@]1(C)C(=O)[C@H](O)C3=C(C)[C@@H](OC(=O)[C@H](OC(=O)C(C)(C)CC(=O)O)[C@@H](NC(=O)c4ccccc4)c4ccccc4)C[C@@](O)(C(OC(=O)c4ccccc4)C12)C3(C)C. The molecule has 2 bridgehead atoms. The lowest BCUT2D eigenvalue weighted by molar-refractivity contribution is -0.346. The number of hydrogen-bond acceptors (Lipinski definition) is 15. The maximum absolute atomic E-state index is 15.2. The van der Waals surface area contributed by atoms with Gasteiger partial charge in [-0.3, -0.25) is 24.0 Å². The van der Waals surface area contributed by atoms with Crippen molar-refractivity contribution >= 4 is 41.5 Å². The molecule has 17 heteroatoms. The van der Waals surface area contributed by atoms with Crippen LogP contribution in [0.5, 0.6) is 0 Å². The monoisotopic (exact) mass is 939 g/mol. The predicted octanol–water partition coefficient (Wildman–Crippen LogP) is 4.22. The minimum Gasteiger partial charge on any atom is -0.481 e. The van der Waals surface area contributed by atoms with Crippen LogP contribution in [0, 0.1) is 22.2 Å². The van der Waals surface area contributed by atoms with Gasteiger partial charge >= 0.3 is 29.8 Å². The number of benzene rings is 3. The second-order valence-electron chi connectivity index (χ2n) is 19.6. The number of nitrogens with one attached hydrogen (secondary N) is 1. The number of hydrogen-bond donors (Lipinski definition) is 5. The number of carboxylic acids is 1. The van der Waals surface area contributed by atoms with Crippen molar-refractivity contribution in [2.75, 3.05) is 6.61 Å². The van der Waals surface area contributed by atoms with Gasteiger partial charge in [0.15, 0.2) is 11.4 Å². The molecule has 3 fully saturated rings. The van der Waals surface area contributed by atoms with Gasteiger partial charge in [-0.1, -0.05) is 80.6 Å². The number of aliphatic hydroxyl groups excluding tert-OH is 2. The van der Waals surface area contributed by atoms with Crippen LogP contribution in [-0.4, -0.2) is 116 Å². The Bertz CT molecular complexity index is 2510. The quantitative estimate of drug-likeness (QED) is 0.0913. The summed E-state index contributed by atoms with van der Waals surface area (Å²) in [6.07, 6.45) is -11.9. The molecule has 17 nitrogen and oxygen atoms in total. The molecule has 11 atom stereocenters. The lowest BCUT2D eigenvalue weighted by Crippen LogP contribution is -2.81. The van der Waals surface area contributed by atoms with Gasteiger partial charge in [-0.2, -0.15) is 0 Å². The molecule has 5 N–H and O–H groups in total. The molecular weight excluding hydrogens is 883 g/mol. The summed E-state index contributed by atoms with van der Waals surface area (Å²) in [6.45, 7) is 9.25. The predicted molar refractivity (Wildman–Crippen MR) is 238 cm³/mol. The fraction of sp³-hybridized carbons (Fsp3) is 0.471. The lowest BCUT2D eigenvalue weighted by atomic mass is 9.44. The molecule has 3 aromatic rings. The van der Waals surface area contributed by atoms with Gasteiger partial charge in [0.1, 0.15) is 36.1 Å². The Labute approximate surface area is 392 Å². The highest BCUT2D eigenvalue weighted by atomic mass is 16.6. The average molecular weight is 940 g/mol. The second kappa shape index (κ2) is 18.3. The Morgan fingerprint density at radius 3 is 1.99 bits per heavy atom. The third-order valence-electron chi connectivity index (χ3n) is 14.6. The van der Waals surface area contributed by atoms with Crippen molar-refractivity contribution in [2.24, 2.45) is 22.2 Å². The van der Waals surface area contributed by atoms with Gasteiger partial charge in [0.2, 0.25) is 6.10 Å². The first-order valence-corrected chi connectivity index (χ1v) is 22.4. The van der Waals surface area contributed by atoms with Crippen LogP contribution in [0.1, 0.15) is 100 Å². The molecule has 3 aromatic carbocycles. The number of carbonyl (C=O) groups is 7. The number of aliphatic carboxylic acids is 1. The molecule has 7 rings (SSSR count). The molecular formula is C51H57NO16. The van der Waals surface area contributed by atoms with Crippen LogP contribution in [-0.2, 0) is 47.7 Å². The van der Waals surface area contributed by atoms with E-state index in [1.165, 1.54) is 65.8 Å². The van der Waals surface area contributed by atoms with E-state index in [0.717, 1.165) is 6.92 Å². The fourth-order valence-corrected chi connectivity index (χ4v) is 10.8. The van der Waals surface area contributed by atoms with Crippen molar-refractivity contribution in [2.45, 2.75) is 122 Å². The summed E-state index contributed by atoms with van der Waals surface area (Å²) < 4.78 is 30.5. The first-order valence-electron chi connectivity index (χ1n) is 22.4. The molecule has 2 saturated carbocycles. The van der Waals surface area contributed by atoms with Crippen molar-refractivity contribution in [3.05, 3.63) is 119 Å². The van der Waals surface area contributed by atoms with Crippen molar-refractivity contribution < 1.29 is 77.7 Å². The molecule has 1 heterocycles. The van der Waals surface area contributed by atoms with Crippen LogP contribution in [0.15, 0.2) is 102 Å². The van der Waals surface area contributed by atoms with E-state index in [1.54, 1.807) is 66.7 Å². The van der Waals surface area contributed by atoms with Crippen molar-refractivity contribution in [1.82, 2.24) is 5.32 Å². The molecule has 3 aliphatic carbocycles. The molecule has 0 spiro atoms. The highest BCUT2D eigenvalue weighted by Crippen LogP contribution is 2.64. The van der Waals surface area contributed by atoms with Crippen LogP contribution in [0.3, 0.4) is 0 Å². The smallest absolute Gasteiger partial charge is 0.350 e. The topological polar surface area (TPSA) is 259 Å². The lowest BCUT2D eigenvalue weighted by Gasteiger charge is -2.67.